The molecule has 8 nitrogen and oxygen atoms in total. The van der Waals surface area contributed by atoms with Gasteiger partial charge in [-0.1, -0.05) is 30.3 Å². The average Bonchev–Trinajstić information content (AvgIpc) is 3.09. The van der Waals surface area contributed by atoms with Crippen molar-refractivity contribution in [1.82, 2.24) is 4.57 Å². The van der Waals surface area contributed by atoms with E-state index in [-0.39, 0.29) is 31.2 Å². The molecule has 3 rings (SSSR count). The molecule has 2 N–H and O–H groups in total. The van der Waals surface area contributed by atoms with Crippen molar-refractivity contribution < 1.29 is 23.9 Å². The normalized spacial score (nSPS) is 10.8. The predicted molar refractivity (Wildman–Crippen MR) is 131 cm³/mol. The van der Waals surface area contributed by atoms with Gasteiger partial charge in [0.25, 0.3) is 0 Å². The molecule has 0 fully saturated rings. The van der Waals surface area contributed by atoms with E-state index in [1.807, 2.05) is 48.2 Å². The van der Waals surface area contributed by atoms with Crippen molar-refractivity contribution >= 4 is 34.4 Å². The molecule has 0 aliphatic carbocycles. The zero-order valence-corrected chi connectivity index (χ0v) is 19.9. The van der Waals surface area contributed by atoms with Crippen LogP contribution in [-0.4, -0.2) is 49.7 Å². The Balaban J connectivity index is 2.03. The first-order chi connectivity index (χ1) is 16.3. The van der Waals surface area contributed by atoms with Gasteiger partial charge >= 0.3 is 11.9 Å². The molecule has 0 radical (unpaired) electrons. The Labute approximate surface area is 199 Å². The van der Waals surface area contributed by atoms with E-state index in [9.17, 15) is 14.4 Å². The van der Waals surface area contributed by atoms with E-state index < -0.39 is 5.91 Å². The topological polar surface area (TPSA) is 104 Å². The Hall–Kier alpha value is -3.81. The molecular formula is C26H31N3O5. The number of amides is 1. The van der Waals surface area contributed by atoms with E-state index in [0.717, 1.165) is 33.4 Å². The maximum absolute atomic E-state index is 11.9. The van der Waals surface area contributed by atoms with E-state index in [2.05, 4.69) is 16.7 Å². The number of carbonyl (C=O) groups is 3. The molecule has 0 saturated heterocycles. The number of primary amides is 1. The fraction of sp³-hybridized carbons (Fsp3) is 0.346. The number of hydrogen-bond acceptors (Lipinski definition) is 6. The summed E-state index contributed by atoms with van der Waals surface area (Å²) in [5.74, 6) is -1.06. The second kappa shape index (κ2) is 11.4. The zero-order chi connectivity index (χ0) is 24.7. The second-order valence-corrected chi connectivity index (χ2v) is 8.12. The number of nitrogens with two attached hydrogens (primary N) is 1. The summed E-state index contributed by atoms with van der Waals surface area (Å²) in [6.07, 6.45) is 0.480. The van der Waals surface area contributed by atoms with Crippen LogP contribution in [0.25, 0.3) is 10.9 Å². The summed E-state index contributed by atoms with van der Waals surface area (Å²) < 4.78 is 11.7. The van der Waals surface area contributed by atoms with Gasteiger partial charge in [-0.05, 0) is 36.2 Å². The minimum atomic E-state index is -0.402. The van der Waals surface area contributed by atoms with Crippen LogP contribution in [0.2, 0.25) is 0 Å². The van der Waals surface area contributed by atoms with Crippen LogP contribution in [0.5, 0.6) is 0 Å². The number of fused-ring (bicyclic) bond motifs is 1. The summed E-state index contributed by atoms with van der Waals surface area (Å²) in [6, 6.07) is 16.1. The molecule has 1 amide bonds. The highest BCUT2D eigenvalue weighted by Crippen LogP contribution is 2.31. The maximum Gasteiger partial charge on any atom is 0.307 e. The van der Waals surface area contributed by atoms with E-state index >= 15 is 0 Å². The Bertz CT molecular complexity index is 1150. The number of aromatic nitrogens is 1. The van der Waals surface area contributed by atoms with Crippen LogP contribution in [0.3, 0.4) is 0 Å². The summed E-state index contributed by atoms with van der Waals surface area (Å²) in [5, 5.41) is 0.922. The number of benzene rings is 2. The Morgan fingerprint density at radius 1 is 0.941 bits per heavy atom. The molecule has 0 spiro atoms. The van der Waals surface area contributed by atoms with Gasteiger partial charge in [0.2, 0.25) is 5.91 Å². The molecule has 2 aromatic carbocycles. The van der Waals surface area contributed by atoms with Crippen molar-refractivity contribution in [3.8, 4) is 0 Å². The van der Waals surface area contributed by atoms with Gasteiger partial charge in [0.1, 0.15) is 0 Å². The van der Waals surface area contributed by atoms with Gasteiger partial charge in [0, 0.05) is 41.9 Å². The first-order valence-corrected chi connectivity index (χ1v) is 11.2. The minimum Gasteiger partial charge on any atom is -0.469 e. The molecular weight excluding hydrogens is 434 g/mol. The SMILES string of the molecule is COC(=O)CCN(CCC(=O)OC)c1ccc2c(c1)c(CC(N)=O)c(C)n2Cc1ccccc1. The van der Waals surface area contributed by atoms with Crippen LogP contribution in [0.4, 0.5) is 5.69 Å². The highest BCUT2D eigenvalue weighted by atomic mass is 16.5. The standard InChI is InChI=1S/C26H31N3O5/c1-18-21(16-24(27)30)22-15-20(28(13-11-25(31)33-2)14-12-26(32)34-3)9-10-23(22)29(18)17-19-7-5-4-6-8-19/h4-10,15H,11-14,16-17H2,1-3H3,(H2,27,30). The average molecular weight is 466 g/mol. The highest BCUT2D eigenvalue weighted by molar-refractivity contribution is 5.92. The molecule has 0 unspecified atom stereocenters. The number of anilines is 1. The number of methoxy groups -OCH3 is 2. The number of carbonyl (C=O) groups excluding carboxylic acids is 3. The Kier molecular flexibility index (Phi) is 8.29. The second-order valence-electron chi connectivity index (χ2n) is 8.12. The van der Waals surface area contributed by atoms with Gasteiger partial charge in [-0.25, -0.2) is 0 Å². The van der Waals surface area contributed by atoms with E-state index in [1.54, 1.807) is 0 Å². The highest BCUT2D eigenvalue weighted by Gasteiger charge is 2.19. The van der Waals surface area contributed by atoms with Crippen molar-refractivity contribution in [2.45, 2.75) is 32.7 Å². The van der Waals surface area contributed by atoms with Crippen molar-refractivity contribution in [2.75, 3.05) is 32.2 Å². The van der Waals surface area contributed by atoms with Crippen LogP contribution < -0.4 is 10.6 Å². The smallest absolute Gasteiger partial charge is 0.307 e. The Morgan fingerprint density at radius 3 is 2.12 bits per heavy atom. The Morgan fingerprint density at radius 2 is 1.56 bits per heavy atom. The molecule has 0 aliphatic heterocycles. The molecule has 1 heterocycles. The molecule has 0 aliphatic rings. The van der Waals surface area contributed by atoms with Crippen LogP contribution in [0, 0.1) is 6.92 Å². The summed E-state index contributed by atoms with van der Waals surface area (Å²) in [6.45, 7) is 3.41. The first-order valence-electron chi connectivity index (χ1n) is 11.2. The number of esters is 2. The summed E-state index contributed by atoms with van der Waals surface area (Å²) in [5.41, 5.74) is 10.4. The molecule has 34 heavy (non-hydrogen) atoms. The fourth-order valence-corrected chi connectivity index (χ4v) is 4.13. The molecule has 0 bridgehead atoms. The lowest BCUT2D eigenvalue weighted by Gasteiger charge is -2.24. The molecule has 0 saturated carbocycles. The van der Waals surface area contributed by atoms with Gasteiger partial charge in [-0.3, -0.25) is 14.4 Å². The van der Waals surface area contributed by atoms with Gasteiger partial charge in [-0.15, -0.1) is 0 Å². The van der Waals surface area contributed by atoms with Gasteiger partial charge in [-0.2, -0.15) is 0 Å². The van der Waals surface area contributed by atoms with Crippen LogP contribution in [-0.2, 0) is 36.8 Å². The first kappa shape index (κ1) is 24.8. The molecule has 0 atom stereocenters. The summed E-state index contributed by atoms with van der Waals surface area (Å²) in [7, 11) is 2.70. The third-order valence-electron chi connectivity index (χ3n) is 5.96. The minimum absolute atomic E-state index is 0.123. The largest absolute Gasteiger partial charge is 0.469 e. The summed E-state index contributed by atoms with van der Waals surface area (Å²) in [4.78, 5) is 37.3. The van der Waals surface area contributed by atoms with Crippen molar-refractivity contribution in [3.63, 3.8) is 0 Å². The van der Waals surface area contributed by atoms with Crippen LogP contribution in [0.15, 0.2) is 48.5 Å². The van der Waals surface area contributed by atoms with Crippen molar-refractivity contribution in [2.24, 2.45) is 5.73 Å². The third kappa shape index (κ3) is 5.95. The van der Waals surface area contributed by atoms with Gasteiger partial charge < -0.3 is 24.7 Å². The molecule has 3 aromatic rings. The monoisotopic (exact) mass is 465 g/mol. The summed E-state index contributed by atoms with van der Waals surface area (Å²) >= 11 is 0. The maximum atomic E-state index is 11.9. The lowest BCUT2D eigenvalue weighted by molar-refractivity contribution is -0.140. The predicted octanol–water partition coefficient (Wildman–Crippen LogP) is 2.96. The van der Waals surface area contributed by atoms with E-state index in [0.29, 0.717) is 19.6 Å². The van der Waals surface area contributed by atoms with E-state index in [4.69, 9.17) is 15.2 Å². The lowest BCUT2D eigenvalue weighted by atomic mass is 10.1. The van der Waals surface area contributed by atoms with Crippen LogP contribution in [0.1, 0.15) is 29.7 Å². The fourth-order valence-electron chi connectivity index (χ4n) is 4.13. The van der Waals surface area contributed by atoms with E-state index in [1.165, 1.54) is 14.2 Å². The number of nitrogens with zero attached hydrogens (tertiary/aromatic N) is 2. The van der Waals surface area contributed by atoms with Gasteiger partial charge in [0.15, 0.2) is 0 Å². The number of rotatable bonds is 11. The van der Waals surface area contributed by atoms with Crippen molar-refractivity contribution in [3.05, 3.63) is 65.4 Å². The molecule has 1 aromatic heterocycles. The molecule has 8 heteroatoms. The molecule has 180 valence electrons. The zero-order valence-electron chi connectivity index (χ0n) is 19.9. The quantitative estimate of drug-likeness (QED) is 0.437. The number of ether oxygens (including phenoxy) is 2. The van der Waals surface area contributed by atoms with Crippen LogP contribution >= 0.6 is 0 Å². The van der Waals surface area contributed by atoms with Crippen molar-refractivity contribution in [1.29, 1.82) is 0 Å². The number of hydrogen-bond donors (Lipinski definition) is 1. The van der Waals surface area contributed by atoms with Gasteiger partial charge in [0.05, 0.1) is 33.5 Å². The lowest BCUT2D eigenvalue weighted by Crippen LogP contribution is -2.29. The third-order valence-corrected chi connectivity index (χ3v) is 5.96.